The molecule has 1 aliphatic rings. The number of nitrogens with one attached hydrogen (secondary N) is 2. The topological polar surface area (TPSA) is 97.7 Å². The number of hydrogen-bond donors (Lipinski definition) is 2. The van der Waals surface area contributed by atoms with Gasteiger partial charge in [0.05, 0.1) is 25.1 Å². The van der Waals surface area contributed by atoms with E-state index in [2.05, 4.69) is 15.5 Å². The predicted octanol–water partition coefficient (Wildman–Crippen LogP) is 2.41. The highest BCUT2D eigenvalue weighted by molar-refractivity contribution is 5.85. The van der Waals surface area contributed by atoms with Gasteiger partial charge < -0.3 is 25.0 Å². The van der Waals surface area contributed by atoms with Gasteiger partial charge in [-0.3, -0.25) is 14.2 Å². The van der Waals surface area contributed by atoms with E-state index in [0.29, 0.717) is 33.8 Å². The third-order valence-corrected chi connectivity index (χ3v) is 6.00. The zero-order valence-corrected chi connectivity index (χ0v) is 20.8. The molecule has 1 aliphatic heterocycles. The molecule has 0 atom stereocenters. The molecular formula is C26H33N5O4. The number of hydrogen-bond acceptors (Lipinski definition) is 7. The Morgan fingerprint density at radius 1 is 1.09 bits per heavy atom. The zero-order chi connectivity index (χ0) is 24.9. The Labute approximate surface area is 205 Å². The summed E-state index contributed by atoms with van der Waals surface area (Å²) in [6, 6.07) is 11.0. The predicted molar refractivity (Wildman–Crippen MR) is 138 cm³/mol. The molecule has 3 aromatic rings. The molecule has 35 heavy (non-hydrogen) atoms. The molecule has 2 heterocycles. The molecule has 9 heteroatoms. The van der Waals surface area contributed by atoms with Crippen LogP contribution in [0.25, 0.3) is 22.3 Å². The standard InChI is InChI=1S/C26H33N5O4/c1-17(2)28-24(32)16-31-25(18-12-20(34-3)15-21(13-18)35-4)29-23-7-6-19(14-22(23)26(31)33)30-10-5-8-27-9-11-30/h6-7,12-15,17,27H,5,8-11,16H2,1-4H3,(H,28,32). The summed E-state index contributed by atoms with van der Waals surface area (Å²) in [4.78, 5) is 33.6. The van der Waals surface area contributed by atoms with Gasteiger partial charge in [0.2, 0.25) is 5.91 Å². The minimum Gasteiger partial charge on any atom is -0.497 e. The van der Waals surface area contributed by atoms with Crippen molar-refractivity contribution in [1.29, 1.82) is 0 Å². The Morgan fingerprint density at radius 3 is 2.51 bits per heavy atom. The molecule has 0 unspecified atom stereocenters. The molecule has 1 saturated heterocycles. The van der Waals surface area contributed by atoms with Crippen LogP contribution in [-0.4, -0.2) is 61.9 Å². The number of amides is 1. The Balaban J connectivity index is 1.88. The largest absolute Gasteiger partial charge is 0.497 e. The number of rotatable bonds is 7. The van der Waals surface area contributed by atoms with Crippen LogP contribution in [0, 0.1) is 0 Å². The molecular weight excluding hydrogens is 446 g/mol. The lowest BCUT2D eigenvalue weighted by molar-refractivity contribution is -0.122. The number of fused-ring (bicyclic) bond motifs is 1. The number of benzene rings is 2. The van der Waals surface area contributed by atoms with Crippen molar-refractivity contribution in [2.45, 2.75) is 32.9 Å². The van der Waals surface area contributed by atoms with Crippen molar-refractivity contribution >= 4 is 22.5 Å². The van der Waals surface area contributed by atoms with E-state index in [0.717, 1.165) is 38.3 Å². The fourth-order valence-electron chi connectivity index (χ4n) is 4.32. The van der Waals surface area contributed by atoms with Crippen molar-refractivity contribution in [3.05, 3.63) is 46.8 Å². The number of carbonyl (C=O) groups is 1. The first-order valence-corrected chi connectivity index (χ1v) is 11.9. The number of ether oxygens (including phenoxy) is 2. The Hall–Kier alpha value is -3.59. The second-order valence-corrected chi connectivity index (χ2v) is 8.94. The van der Waals surface area contributed by atoms with Gasteiger partial charge >= 0.3 is 0 Å². The highest BCUT2D eigenvalue weighted by Gasteiger charge is 2.19. The smallest absolute Gasteiger partial charge is 0.262 e. The maximum atomic E-state index is 13.8. The lowest BCUT2D eigenvalue weighted by Crippen LogP contribution is -2.37. The van der Waals surface area contributed by atoms with Crippen molar-refractivity contribution in [1.82, 2.24) is 20.2 Å². The molecule has 0 aliphatic carbocycles. The first-order valence-electron chi connectivity index (χ1n) is 11.9. The summed E-state index contributed by atoms with van der Waals surface area (Å²) in [5, 5.41) is 6.75. The van der Waals surface area contributed by atoms with Gasteiger partial charge in [0, 0.05) is 43.0 Å². The fourth-order valence-corrected chi connectivity index (χ4v) is 4.32. The average molecular weight is 480 g/mol. The van der Waals surface area contributed by atoms with Crippen LogP contribution in [0.2, 0.25) is 0 Å². The first-order chi connectivity index (χ1) is 16.9. The first kappa shape index (κ1) is 24.5. The molecule has 4 rings (SSSR count). The van der Waals surface area contributed by atoms with E-state index in [1.165, 1.54) is 4.57 Å². The minimum atomic E-state index is -0.263. The summed E-state index contributed by atoms with van der Waals surface area (Å²) < 4.78 is 12.3. The fraction of sp³-hybridized carbons (Fsp3) is 0.423. The maximum absolute atomic E-state index is 13.8. The van der Waals surface area contributed by atoms with Crippen LogP contribution in [0.15, 0.2) is 41.2 Å². The van der Waals surface area contributed by atoms with E-state index in [1.807, 2.05) is 32.0 Å². The maximum Gasteiger partial charge on any atom is 0.262 e. The van der Waals surface area contributed by atoms with Crippen LogP contribution in [0.4, 0.5) is 5.69 Å². The monoisotopic (exact) mass is 479 g/mol. The summed E-state index contributed by atoms with van der Waals surface area (Å²) in [6.45, 7) is 7.28. The van der Waals surface area contributed by atoms with Crippen LogP contribution < -0.4 is 30.6 Å². The lowest BCUT2D eigenvalue weighted by Gasteiger charge is -2.23. The highest BCUT2D eigenvalue weighted by atomic mass is 16.5. The van der Waals surface area contributed by atoms with Gasteiger partial charge in [-0.05, 0) is 57.1 Å². The van der Waals surface area contributed by atoms with E-state index >= 15 is 0 Å². The highest BCUT2D eigenvalue weighted by Crippen LogP contribution is 2.30. The molecule has 1 fully saturated rings. The van der Waals surface area contributed by atoms with Gasteiger partial charge in [-0.15, -0.1) is 0 Å². The summed E-state index contributed by atoms with van der Waals surface area (Å²) in [6.07, 6.45) is 1.03. The van der Waals surface area contributed by atoms with Gasteiger partial charge in [0.1, 0.15) is 23.9 Å². The molecule has 0 saturated carbocycles. The van der Waals surface area contributed by atoms with E-state index < -0.39 is 0 Å². The molecule has 0 bridgehead atoms. The van der Waals surface area contributed by atoms with Gasteiger partial charge in [0.25, 0.3) is 5.56 Å². The van der Waals surface area contributed by atoms with Crippen LogP contribution in [-0.2, 0) is 11.3 Å². The Bertz CT molecular complexity index is 1240. The third kappa shape index (κ3) is 5.57. The number of carbonyl (C=O) groups excluding carboxylic acids is 1. The molecule has 186 valence electrons. The van der Waals surface area contributed by atoms with Crippen molar-refractivity contribution in [2.75, 3.05) is 45.3 Å². The molecule has 1 aromatic heterocycles. The summed E-state index contributed by atoms with van der Waals surface area (Å²) >= 11 is 0. The zero-order valence-electron chi connectivity index (χ0n) is 20.8. The van der Waals surface area contributed by atoms with Crippen LogP contribution in [0.3, 0.4) is 0 Å². The van der Waals surface area contributed by atoms with Gasteiger partial charge in [-0.25, -0.2) is 4.98 Å². The number of aromatic nitrogens is 2. The van der Waals surface area contributed by atoms with Gasteiger partial charge in [-0.1, -0.05) is 0 Å². The third-order valence-electron chi connectivity index (χ3n) is 6.00. The lowest BCUT2D eigenvalue weighted by atomic mass is 10.1. The Morgan fingerprint density at radius 2 is 1.83 bits per heavy atom. The van der Waals surface area contributed by atoms with Crippen molar-refractivity contribution in [3.8, 4) is 22.9 Å². The van der Waals surface area contributed by atoms with E-state index in [4.69, 9.17) is 14.5 Å². The number of methoxy groups -OCH3 is 2. The van der Waals surface area contributed by atoms with Crippen molar-refractivity contribution in [2.24, 2.45) is 0 Å². The molecule has 1 amide bonds. The summed E-state index contributed by atoms with van der Waals surface area (Å²) in [5.41, 5.74) is 1.92. The average Bonchev–Trinajstić information content (AvgIpc) is 3.14. The second kappa shape index (κ2) is 10.8. The Kier molecular flexibility index (Phi) is 7.55. The van der Waals surface area contributed by atoms with Crippen LogP contribution >= 0.6 is 0 Å². The molecule has 0 spiro atoms. The van der Waals surface area contributed by atoms with Crippen molar-refractivity contribution in [3.63, 3.8) is 0 Å². The number of nitrogens with zero attached hydrogens (tertiary/aromatic N) is 3. The van der Waals surface area contributed by atoms with E-state index in [1.54, 1.807) is 32.4 Å². The van der Waals surface area contributed by atoms with Crippen molar-refractivity contribution < 1.29 is 14.3 Å². The SMILES string of the molecule is COc1cc(OC)cc(-c2nc3ccc(N4CCCNCC4)cc3c(=O)n2CC(=O)NC(C)C)c1. The number of anilines is 1. The van der Waals surface area contributed by atoms with Gasteiger partial charge in [0.15, 0.2) is 0 Å². The van der Waals surface area contributed by atoms with Gasteiger partial charge in [-0.2, -0.15) is 0 Å². The van der Waals surface area contributed by atoms with Crippen LogP contribution in [0.1, 0.15) is 20.3 Å². The minimum absolute atomic E-state index is 0.0461. The van der Waals surface area contributed by atoms with E-state index in [-0.39, 0.29) is 24.1 Å². The summed E-state index contributed by atoms with van der Waals surface area (Å²) in [7, 11) is 3.13. The molecule has 2 N–H and O–H groups in total. The quantitative estimate of drug-likeness (QED) is 0.537. The molecule has 2 aromatic carbocycles. The second-order valence-electron chi connectivity index (χ2n) is 8.94. The summed E-state index contributed by atoms with van der Waals surface area (Å²) in [5.74, 6) is 1.26. The molecule has 9 nitrogen and oxygen atoms in total. The van der Waals surface area contributed by atoms with E-state index in [9.17, 15) is 9.59 Å². The normalized spacial score (nSPS) is 14.1. The molecule has 0 radical (unpaired) electrons. The van der Waals surface area contributed by atoms with Crippen LogP contribution in [0.5, 0.6) is 11.5 Å².